The summed E-state index contributed by atoms with van der Waals surface area (Å²) in [6, 6.07) is 3.13. The fourth-order valence-electron chi connectivity index (χ4n) is 1.11. The number of nitro benzene ring substituents is 1. The standard InChI is InChI=1S/C12H16FNO4/c1-8(2)12(3,15)7-18-11-5-4-9(14(16)17)6-10(11)13/h4-6,8,15H,7H2,1-3H3. The molecule has 18 heavy (non-hydrogen) atoms. The molecule has 0 heterocycles. The van der Waals surface area contributed by atoms with Crippen LogP contribution in [0.15, 0.2) is 18.2 Å². The number of aliphatic hydroxyl groups is 1. The summed E-state index contributed by atoms with van der Waals surface area (Å²) in [4.78, 5) is 9.75. The van der Waals surface area contributed by atoms with E-state index in [-0.39, 0.29) is 24.0 Å². The lowest BCUT2D eigenvalue weighted by Crippen LogP contribution is -2.37. The molecular formula is C12H16FNO4. The molecule has 1 rings (SSSR count). The second-order valence-corrected chi connectivity index (χ2v) is 4.67. The van der Waals surface area contributed by atoms with Gasteiger partial charge in [0.2, 0.25) is 0 Å². The Kier molecular flexibility index (Phi) is 4.24. The molecule has 0 spiro atoms. The monoisotopic (exact) mass is 257 g/mol. The fourth-order valence-corrected chi connectivity index (χ4v) is 1.11. The number of halogens is 1. The smallest absolute Gasteiger partial charge is 0.272 e. The van der Waals surface area contributed by atoms with Crippen LogP contribution in [0.25, 0.3) is 0 Å². The molecule has 0 radical (unpaired) electrons. The zero-order valence-electron chi connectivity index (χ0n) is 10.5. The molecule has 0 aromatic heterocycles. The van der Waals surface area contributed by atoms with Crippen LogP contribution in [0.2, 0.25) is 0 Å². The average molecular weight is 257 g/mol. The lowest BCUT2D eigenvalue weighted by atomic mass is 9.94. The Morgan fingerprint density at radius 3 is 2.61 bits per heavy atom. The minimum Gasteiger partial charge on any atom is -0.488 e. The van der Waals surface area contributed by atoms with E-state index < -0.39 is 16.3 Å². The van der Waals surface area contributed by atoms with Crippen molar-refractivity contribution in [3.63, 3.8) is 0 Å². The third kappa shape index (κ3) is 3.40. The Balaban J connectivity index is 2.78. The van der Waals surface area contributed by atoms with Crippen molar-refractivity contribution in [1.29, 1.82) is 0 Å². The van der Waals surface area contributed by atoms with Crippen LogP contribution in [0.4, 0.5) is 10.1 Å². The van der Waals surface area contributed by atoms with Gasteiger partial charge in [0.15, 0.2) is 11.6 Å². The summed E-state index contributed by atoms with van der Waals surface area (Å²) in [5.41, 5.74) is -1.43. The van der Waals surface area contributed by atoms with Crippen molar-refractivity contribution in [3.8, 4) is 5.75 Å². The van der Waals surface area contributed by atoms with Gasteiger partial charge in [-0.15, -0.1) is 0 Å². The van der Waals surface area contributed by atoms with E-state index in [1.165, 1.54) is 6.07 Å². The summed E-state index contributed by atoms with van der Waals surface area (Å²) in [7, 11) is 0. The maximum Gasteiger partial charge on any atom is 0.272 e. The molecule has 1 unspecified atom stereocenters. The van der Waals surface area contributed by atoms with Crippen LogP contribution >= 0.6 is 0 Å². The maximum absolute atomic E-state index is 13.5. The highest BCUT2D eigenvalue weighted by molar-refractivity contribution is 5.37. The van der Waals surface area contributed by atoms with Gasteiger partial charge in [-0.25, -0.2) is 4.39 Å². The van der Waals surface area contributed by atoms with Gasteiger partial charge in [0.25, 0.3) is 5.69 Å². The molecule has 1 aromatic carbocycles. The van der Waals surface area contributed by atoms with E-state index in [4.69, 9.17) is 4.74 Å². The van der Waals surface area contributed by atoms with Crippen molar-refractivity contribution in [2.45, 2.75) is 26.4 Å². The van der Waals surface area contributed by atoms with Crippen molar-refractivity contribution in [1.82, 2.24) is 0 Å². The van der Waals surface area contributed by atoms with Crippen LogP contribution in [0.3, 0.4) is 0 Å². The minimum absolute atomic E-state index is 0.0568. The number of nitrogens with zero attached hydrogens (tertiary/aromatic N) is 1. The Labute approximate surface area is 104 Å². The lowest BCUT2D eigenvalue weighted by molar-refractivity contribution is -0.385. The molecule has 1 N–H and O–H groups in total. The molecule has 0 amide bonds. The molecule has 0 fully saturated rings. The van der Waals surface area contributed by atoms with Crippen LogP contribution in [0.5, 0.6) is 5.75 Å². The molecule has 0 aliphatic carbocycles. The summed E-state index contributed by atoms with van der Waals surface area (Å²) in [5.74, 6) is -0.983. The summed E-state index contributed by atoms with van der Waals surface area (Å²) in [6.45, 7) is 5.13. The van der Waals surface area contributed by atoms with E-state index in [0.29, 0.717) is 0 Å². The van der Waals surface area contributed by atoms with Gasteiger partial charge in [-0.05, 0) is 18.9 Å². The fraction of sp³-hybridized carbons (Fsp3) is 0.500. The van der Waals surface area contributed by atoms with Crippen LogP contribution in [-0.4, -0.2) is 22.2 Å². The summed E-state index contributed by atoms with van der Waals surface area (Å²) in [5, 5.41) is 20.4. The van der Waals surface area contributed by atoms with Gasteiger partial charge >= 0.3 is 0 Å². The number of hydrogen-bond acceptors (Lipinski definition) is 4. The number of nitro groups is 1. The van der Waals surface area contributed by atoms with E-state index in [2.05, 4.69) is 0 Å². The van der Waals surface area contributed by atoms with Crippen molar-refractivity contribution >= 4 is 5.69 Å². The second kappa shape index (κ2) is 5.30. The summed E-state index contributed by atoms with van der Waals surface area (Å²) in [6.07, 6.45) is 0. The van der Waals surface area contributed by atoms with Gasteiger partial charge in [-0.1, -0.05) is 13.8 Å². The first-order chi connectivity index (χ1) is 8.24. The highest BCUT2D eigenvalue weighted by Gasteiger charge is 2.26. The van der Waals surface area contributed by atoms with Gasteiger partial charge in [0.05, 0.1) is 16.6 Å². The normalized spacial score (nSPS) is 14.3. The lowest BCUT2D eigenvalue weighted by Gasteiger charge is -2.27. The minimum atomic E-state index is -1.09. The topological polar surface area (TPSA) is 72.6 Å². The zero-order chi connectivity index (χ0) is 13.9. The summed E-state index contributed by atoms with van der Waals surface area (Å²) < 4.78 is 18.6. The molecule has 1 aromatic rings. The number of non-ortho nitro benzene ring substituents is 1. The van der Waals surface area contributed by atoms with Crippen LogP contribution < -0.4 is 4.74 Å². The van der Waals surface area contributed by atoms with Crippen molar-refractivity contribution in [3.05, 3.63) is 34.1 Å². The molecular weight excluding hydrogens is 241 g/mol. The predicted molar refractivity (Wildman–Crippen MR) is 64.0 cm³/mol. The number of hydrogen-bond donors (Lipinski definition) is 1. The first kappa shape index (κ1) is 14.4. The van der Waals surface area contributed by atoms with E-state index in [1.54, 1.807) is 6.92 Å². The Morgan fingerprint density at radius 2 is 2.17 bits per heavy atom. The molecule has 0 saturated carbocycles. The van der Waals surface area contributed by atoms with Gasteiger partial charge in [-0.3, -0.25) is 10.1 Å². The van der Waals surface area contributed by atoms with Crippen LogP contribution in [-0.2, 0) is 0 Å². The zero-order valence-corrected chi connectivity index (χ0v) is 10.5. The molecule has 0 aliphatic rings. The largest absolute Gasteiger partial charge is 0.488 e. The first-order valence-corrected chi connectivity index (χ1v) is 5.53. The number of rotatable bonds is 5. The van der Waals surface area contributed by atoms with E-state index >= 15 is 0 Å². The molecule has 5 nitrogen and oxygen atoms in total. The van der Waals surface area contributed by atoms with Gasteiger partial charge in [0.1, 0.15) is 6.61 Å². The molecule has 100 valence electrons. The predicted octanol–water partition coefficient (Wildman–Crippen LogP) is 2.52. The molecule has 6 heteroatoms. The van der Waals surface area contributed by atoms with Crippen molar-refractivity contribution in [2.75, 3.05) is 6.61 Å². The molecule has 0 saturated heterocycles. The highest BCUT2D eigenvalue weighted by atomic mass is 19.1. The Bertz CT molecular complexity index is 446. The molecule has 0 bridgehead atoms. The highest BCUT2D eigenvalue weighted by Crippen LogP contribution is 2.24. The first-order valence-electron chi connectivity index (χ1n) is 5.53. The molecule has 0 aliphatic heterocycles. The number of benzene rings is 1. The van der Waals surface area contributed by atoms with Gasteiger partial charge in [0, 0.05) is 6.07 Å². The number of ether oxygens (including phenoxy) is 1. The SMILES string of the molecule is CC(C)C(C)(O)COc1ccc([N+](=O)[O-])cc1F. The van der Waals surface area contributed by atoms with Crippen molar-refractivity contribution in [2.24, 2.45) is 5.92 Å². The van der Waals surface area contributed by atoms with Gasteiger partial charge in [-0.2, -0.15) is 0 Å². The average Bonchev–Trinajstić information content (AvgIpc) is 2.26. The van der Waals surface area contributed by atoms with E-state index in [9.17, 15) is 19.6 Å². The second-order valence-electron chi connectivity index (χ2n) is 4.67. The Hall–Kier alpha value is -1.69. The van der Waals surface area contributed by atoms with E-state index in [1.807, 2.05) is 13.8 Å². The van der Waals surface area contributed by atoms with Gasteiger partial charge < -0.3 is 9.84 Å². The van der Waals surface area contributed by atoms with E-state index in [0.717, 1.165) is 12.1 Å². The van der Waals surface area contributed by atoms with Crippen LogP contribution in [0.1, 0.15) is 20.8 Å². The Morgan fingerprint density at radius 1 is 1.56 bits per heavy atom. The van der Waals surface area contributed by atoms with Crippen molar-refractivity contribution < 1.29 is 19.2 Å². The molecule has 1 atom stereocenters. The summed E-state index contributed by atoms with van der Waals surface area (Å²) >= 11 is 0. The van der Waals surface area contributed by atoms with Crippen LogP contribution in [0, 0.1) is 21.8 Å². The third-order valence-electron chi connectivity index (χ3n) is 2.89. The quantitative estimate of drug-likeness (QED) is 0.649. The maximum atomic E-state index is 13.5. The third-order valence-corrected chi connectivity index (χ3v) is 2.89.